The first kappa shape index (κ1) is 15.8. The number of amides is 1. The Morgan fingerprint density at radius 2 is 1.86 bits per heavy atom. The van der Waals surface area contributed by atoms with Crippen molar-refractivity contribution in [2.75, 3.05) is 0 Å². The molecule has 6 nitrogen and oxygen atoms in total. The van der Waals surface area contributed by atoms with Crippen LogP contribution in [0.1, 0.15) is 30.0 Å². The van der Waals surface area contributed by atoms with Crippen LogP contribution in [-0.2, 0) is 4.79 Å². The zero-order valence-electron chi connectivity index (χ0n) is 12.8. The predicted octanol–water partition coefficient (Wildman–Crippen LogP) is 2.02. The van der Waals surface area contributed by atoms with E-state index in [9.17, 15) is 9.59 Å². The molecule has 2 N–H and O–H groups in total. The number of hydrogen-bond acceptors (Lipinski definition) is 3. The number of aryl methyl sites for hydroxylation is 1. The maximum absolute atomic E-state index is 12.2. The van der Waals surface area contributed by atoms with E-state index in [0.29, 0.717) is 0 Å². The molecule has 0 aliphatic rings. The highest BCUT2D eigenvalue weighted by molar-refractivity contribution is 5.93. The largest absolute Gasteiger partial charge is 0.481 e. The second kappa shape index (κ2) is 6.43. The fraction of sp³-hybridized carbons (Fsp3) is 0.312. The Kier molecular flexibility index (Phi) is 4.60. The van der Waals surface area contributed by atoms with Gasteiger partial charge in [-0.15, -0.1) is 0 Å². The summed E-state index contributed by atoms with van der Waals surface area (Å²) in [5.74, 6) is -1.99. The quantitative estimate of drug-likeness (QED) is 0.885. The number of aromatic nitrogens is 2. The maximum Gasteiger partial charge on any atom is 0.308 e. The molecule has 2 unspecified atom stereocenters. The smallest absolute Gasteiger partial charge is 0.308 e. The standard InChI is InChI=1S/C16H19N3O3/c1-10-9-14(15(20)17-12(3)11(2)16(21)22)18-19(10)13-7-5-4-6-8-13/h4-9,11-12H,1-3H3,(H,17,20)(H,21,22). The van der Waals surface area contributed by atoms with Crippen LogP contribution in [0, 0.1) is 12.8 Å². The number of carbonyl (C=O) groups excluding carboxylic acids is 1. The van der Waals surface area contributed by atoms with Gasteiger partial charge in [-0.05, 0) is 39.0 Å². The van der Waals surface area contributed by atoms with Gasteiger partial charge in [-0.2, -0.15) is 5.10 Å². The number of benzene rings is 1. The van der Waals surface area contributed by atoms with Crippen LogP contribution >= 0.6 is 0 Å². The van der Waals surface area contributed by atoms with E-state index in [-0.39, 0.29) is 11.6 Å². The lowest BCUT2D eigenvalue weighted by atomic mass is 10.0. The van der Waals surface area contributed by atoms with Crippen LogP contribution in [0.3, 0.4) is 0 Å². The van der Waals surface area contributed by atoms with Gasteiger partial charge in [0.1, 0.15) is 0 Å². The zero-order valence-corrected chi connectivity index (χ0v) is 12.8. The molecule has 2 atom stereocenters. The van der Waals surface area contributed by atoms with E-state index < -0.39 is 17.9 Å². The van der Waals surface area contributed by atoms with E-state index in [0.717, 1.165) is 11.4 Å². The molecule has 116 valence electrons. The third-order valence-corrected chi connectivity index (χ3v) is 3.62. The topological polar surface area (TPSA) is 84.2 Å². The fourth-order valence-electron chi connectivity index (χ4n) is 2.04. The number of aliphatic carboxylic acids is 1. The number of para-hydroxylation sites is 1. The lowest BCUT2D eigenvalue weighted by Crippen LogP contribution is -2.40. The average Bonchev–Trinajstić information content (AvgIpc) is 2.89. The summed E-state index contributed by atoms with van der Waals surface area (Å²) in [7, 11) is 0. The van der Waals surface area contributed by atoms with E-state index in [2.05, 4.69) is 10.4 Å². The molecule has 0 bridgehead atoms. The van der Waals surface area contributed by atoms with E-state index in [1.54, 1.807) is 24.6 Å². The molecule has 0 fully saturated rings. The SMILES string of the molecule is Cc1cc(C(=O)NC(C)C(C)C(=O)O)nn1-c1ccccc1. The normalized spacial score (nSPS) is 13.4. The molecule has 2 rings (SSSR count). The molecular weight excluding hydrogens is 282 g/mol. The monoisotopic (exact) mass is 301 g/mol. The first-order chi connectivity index (χ1) is 10.4. The number of rotatable bonds is 5. The van der Waals surface area contributed by atoms with Gasteiger partial charge in [-0.25, -0.2) is 4.68 Å². The van der Waals surface area contributed by atoms with Crippen molar-refractivity contribution in [2.45, 2.75) is 26.8 Å². The lowest BCUT2D eigenvalue weighted by molar-refractivity contribution is -0.141. The van der Waals surface area contributed by atoms with Gasteiger partial charge in [0, 0.05) is 11.7 Å². The summed E-state index contributed by atoms with van der Waals surface area (Å²) in [6.45, 7) is 5.08. The number of carboxylic acids is 1. The molecule has 1 aromatic heterocycles. The number of nitrogens with one attached hydrogen (secondary N) is 1. The zero-order chi connectivity index (χ0) is 16.3. The molecule has 0 aliphatic carbocycles. The number of nitrogens with zero attached hydrogens (tertiary/aromatic N) is 2. The highest BCUT2D eigenvalue weighted by Gasteiger charge is 2.22. The van der Waals surface area contributed by atoms with Crippen molar-refractivity contribution in [3.8, 4) is 5.69 Å². The van der Waals surface area contributed by atoms with Crippen LogP contribution in [0.5, 0.6) is 0 Å². The Morgan fingerprint density at radius 3 is 2.45 bits per heavy atom. The third-order valence-electron chi connectivity index (χ3n) is 3.62. The van der Waals surface area contributed by atoms with Gasteiger partial charge in [0.05, 0.1) is 11.6 Å². The summed E-state index contributed by atoms with van der Waals surface area (Å²) in [6.07, 6.45) is 0. The van der Waals surface area contributed by atoms with Crippen molar-refractivity contribution < 1.29 is 14.7 Å². The number of carboxylic acid groups (broad SMARTS) is 1. The molecule has 0 saturated carbocycles. The minimum Gasteiger partial charge on any atom is -0.481 e. The predicted molar refractivity (Wildman–Crippen MR) is 82.0 cm³/mol. The molecule has 1 aromatic carbocycles. The van der Waals surface area contributed by atoms with E-state index in [1.165, 1.54) is 0 Å². The van der Waals surface area contributed by atoms with Crippen LogP contribution in [0.4, 0.5) is 0 Å². The highest BCUT2D eigenvalue weighted by atomic mass is 16.4. The molecule has 22 heavy (non-hydrogen) atoms. The number of carbonyl (C=O) groups is 2. The van der Waals surface area contributed by atoms with Gasteiger partial charge >= 0.3 is 5.97 Å². The third kappa shape index (κ3) is 3.33. The molecule has 6 heteroatoms. The van der Waals surface area contributed by atoms with Gasteiger partial charge in [0.2, 0.25) is 0 Å². The van der Waals surface area contributed by atoms with Crippen LogP contribution in [-0.4, -0.2) is 32.8 Å². The van der Waals surface area contributed by atoms with Gasteiger partial charge < -0.3 is 10.4 Å². The van der Waals surface area contributed by atoms with Crippen molar-refractivity contribution in [1.82, 2.24) is 15.1 Å². The minimum absolute atomic E-state index is 0.269. The van der Waals surface area contributed by atoms with Crippen LogP contribution in [0.2, 0.25) is 0 Å². The molecule has 0 radical (unpaired) electrons. The Morgan fingerprint density at radius 1 is 1.23 bits per heavy atom. The van der Waals surface area contributed by atoms with Crippen LogP contribution < -0.4 is 5.32 Å². The summed E-state index contributed by atoms with van der Waals surface area (Å²) in [5, 5.41) is 15.9. The number of hydrogen-bond donors (Lipinski definition) is 2. The fourth-order valence-corrected chi connectivity index (χ4v) is 2.04. The van der Waals surface area contributed by atoms with E-state index in [4.69, 9.17) is 5.11 Å². The molecule has 0 aliphatic heterocycles. The van der Waals surface area contributed by atoms with Crippen molar-refractivity contribution >= 4 is 11.9 Å². The molecular formula is C16H19N3O3. The average molecular weight is 301 g/mol. The minimum atomic E-state index is -0.946. The van der Waals surface area contributed by atoms with Crippen LogP contribution in [0.15, 0.2) is 36.4 Å². The molecule has 1 heterocycles. The van der Waals surface area contributed by atoms with Crippen molar-refractivity contribution in [3.63, 3.8) is 0 Å². The van der Waals surface area contributed by atoms with Gasteiger partial charge in [-0.1, -0.05) is 18.2 Å². The van der Waals surface area contributed by atoms with Gasteiger partial charge in [-0.3, -0.25) is 9.59 Å². The molecule has 2 aromatic rings. The Balaban J connectivity index is 2.17. The molecule has 1 amide bonds. The highest BCUT2D eigenvalue weighted by Crippen LogP contribution is 2.12. The molecule has 0 spiro atoms. The Bertz CT molecular complexity index is 679. The summed E-state index contributed by atoms with van der Waals surface area (Å²) in [6, 6.07) is 10.7. The Hall–Kier alpha value is -2.63. The Labute approximate surface area is 128 Å². The van der Waals surface area contributed by atoms with Crippen molar-refractivity contribution in [2.24, 2.45) is 5.92 Å². The van der Waals surface area contributed by atoms with Crippen molar-refractivity contribution in [1.29, 1.82) is 0 Å². The maximum atomic E-state index is 12.2. The van der Waals surface area contributed by atoms with Gasteiger partial charge in [0.25, 0.3) is 5.91 Å². The summed E-state index contributed by atoms with van der Waals surface area (Å²) in [5.41, 5.74) is 1.96. The molecule has 0 saturated heterocycles. The van der Waals surface area contributed by atoms with E-state index >= 15 is 0 Å². The lowest BCUT2D eigenvalue weighted by Gasteiger charge is -2.16. The second-order valence-electron chi connectivity index (χ2n) is 5.31. The van der Waals surface area contributed by atoms with Crippen LogP contribution in [0.25, 0.3) is 5.69 Å². The van der Waals surface area contributed by atoms with Gasteiger partial charge in [0.15, 0.2) is 5.69 Å². The summed E-state index contributed by atoms with van der Waals surface area (Å²) < 4.78 is 1.68. The first-order valence-corrected chi connectivity index (χ1v) is 7.06. The summed E-state index contributed by atoms with van der Waals surface area (Å²) in [4.78, 5) is 23.1. The van der Waals surface area contributed by atoms with Crippen molar-refractivity contribution in [3.05, 3.63) is 47.8 Å². The second-order valence-corrected chi connectivity index (χ2v) is 5.31. The first-order valence-electron chi connectivity index (χ1n) is 7.06. The van der Waals surface area contributed by atoms with E-state index in [1.807, 2.05) is 37.3 Å². The summed E-state index contributed by atoms with van der Waals surface area (Å²) >= 11 is 0.